The van der Waals surface area contributed by atoms with E-state index in [9.17, 15) is 14.4 Å². The molecule has 0 saturated heterocycles. The molecule has 0 aromatic heterocycles. The summed E-state index contributed by atoms with van der Waals surface area (Å²) >= 11 is 0. The lowest BCUT2D eigenvalue weighted by molar-refractivity contribution is -0.167. The molecule has 6 heteroatoms. The molecule has 0 spiro atoms. The van der Waals surface area contributed by atoms with Gasteiger partial charge in [-0.2, -0.15) is 0 Å². The van der Waals surface area contributed by atoms with Crippen molar-refractivity contribution in [3.05, 3.63) is 0 Å². The van der Waals surface area contributed by atoms with E-state index < -0.39 is 6.10 Å². The normalized spacial score (nSPS) is 12.5. The van der Waals surface area contributed by atoms with Crippen LogP contribution in [0.5, 0.6) is 0 Å². The number of carbonyl (C=O) groups excluding carboxylic acids is 3. The van der Waals surface area contributed by atoms with Crippen molar-refractivity contribution in [2.24, 2.45) is 17.8 Å². The smallest absolute Gasteiger partial charge is 0.306 e. The van der Waals surface area contributed by atoms with Crippen LogP contribution in [0.1, 0.15) is 337 Å². The minimum Gasteiger partial charge on any atom is -0.462 e. The van der Waals surface area contributed by atoms with Crippen molar-refractivity contribution < 1.29 is 28.6 Å². The molecule has 0 radical (unpaired) electrons. The highest BCUT2D eigenvalue weighted by molar-refractivity contribution is 5.71. The second kappa shape index (κ2) is 52.2. The fourth-order valence-corrected chi connectivity index (χ4v) is 9.32. The number of hydrogen-bond donors (Lipinski definition) is 0. The molecule has 67 heavy (non-hydrogen) atoms. The van der Waals surface area contributed by atoms with Crippen LogP contribution in [0.15, 0.2) is 0 Å². The Labute approximate surface area is 418 Å². The van der Waals surface area contributed by atoms with Crippen molar-refractivity contribution in [2.45, 2.75) is 343 Å². The van der Waals surface area contributed by atoms with E-state index in [4.69, 9.17) is 14.2 Å². The molecular weight excluding hydrogens is 829 g/mol. The van der Waals surface area contributed by atoms with E-state index in [1.165, 1.54) is 218 Å². The Morgan fingerprint density at radius 3 is 0.776 bits per heavy atom. The second-order valence-electron chi connectivity index (χ2n) is 22.2. The largest absolute Gasteiger partial charge is 0.462 e. The molecule has 0 bridgehead atoms. The van der Waals surface area contributed by atoms with Gasteiger partial charge < -0.3 is 14.2 Å². The quantitative estimate of drug-likeness (QED) is 0.0343. The fourth-order valence-electron chi connectivity index (χ4n) is 9.32. The van der Waals surface area contributed by atoms with Gasteiger partial charge in [-0.1, -0.05) is 298 Å². The zero-order chi connectivity index (χ0) is 49.1. The molecule has 0 saturated carbocycles. The lowest BCUT2D eigenvalue weighted by Crippen LogP contribution is -2.30. The average Bonchev–Trinajstić information content (AvgIpc) is 3.30. The first-order valence-corrected chi connectivity index (χ1v) is 30.1. The monoisotopic (exact) mass is 947 g/mol. The Bertz CT molecular complexity index is 1040. The molecule has 0 aliphatic carbocycles. The molecule has 0 fully saturated rings. The molecule has 0 aliphatic rings. The Balaban J connectivity index is 4.29. The van der Waals surface area contributed by atoms with Crippen LogP contribution in [0, 0.1) is 17.8 Å². The number of rotatable bonds is 54. The summed E-state index contributed by atoms with van der Waals surface area (Å²) in [5.74, 6) is 1.72. The van der Waals surface area contributed by atoms with Gasteiger partial charge in [-0.15, -0.1) is 0 Å². The maximum atomic E-state index is 12.9. The summed E-state index contributed by atoms with van der Waals surface area (Å²) in [6, 6.07) is 0. The van der Waals surface area contributed by atoms with Crippen molar-refractivity contribution in [3.8, 4) is 0 Å². The average molecular weight is 948 g/mol. The molecule has 0 heterocycles. The van der Waals surface area contributed by atoms with Crippen LogP contribution in [0.3, 0.4) is 0 Å². The standard InChI is InChI=1S/C61H118O6/c1-7-57(6)49-43-37-31-25-18-14-11-12-15-19-26-32-38-44-50-59(62)65-53-58(54-66-60(63)51-45-39-33-27-22-21-24-30-36-42-48-56(4)5)67-61(64)52-46-40-34-28-20-16-10-8-9-13-17-23-29-35-41-47-55(2)3/h55-58H,7-54H2,1-6H3/t57?,58-/m0/s1. The molecular formula is C61H118O6. The van der Waals surface area contributed by atoms with E-state index in [2.05, 4.69) is 41.5 Å². The van der Waals surface area contributed by atoms with Gasteiger partial charge >= 0.3 is 17.9 Å². The summed E-state index contributed by atoms with van der Waals surface area (Å²) in [5, 5.41) is 0. The topological polar surface area (TPSA) is 78.9 Å². The SMILES string of the molecule is CCC(C)CCCCCCCCCCCCCCCCC(=O)OC[C@@H](COC(=O)CCCCCCCCCCCCC(C)C)OC(=O)CCCCCCCCCCCCCCCCCC(C)C. The summed E-state index contributed by atoms with van der Waals surface area (Å²) in [6.45, 7) is 13.8. The first-order valence-electron chi connectivity index (χ1n) is 30.1. The van der Waals surface area contributed by atoms with Gasteiger partial charge in [-0.05, 0) is 37.0 Å². The van der Waals surface area contributed by atoms with Gasteiger partial charge in [0.25, 0.3) is 0 Å². The summed E-state index contributed by atoms with van der Waals surface area (Å²) in [5.41, 5.74) is 0. The second-order valence-corrected chi connectivity index (χ2v) is 22.2. The zero-order valence-corrected chi connectivity index (χ0v) is 46.2. The van der Waals surface area contributed by atoms with Crippen molar-refractivity contribution >= 4 is 17.9 Å². The third-order valence-corrected chi connectivity index (χ3v) is 14.3. The highest BCUT2D eigenvalue weighted by atomic mass is 16.6. The lowest BCUT2D eigenvalue weighted by atomic mass is 9.99. The van der Waals surface area contributed by atoms with Gasteiger partial charge in [0.2, 0.25) is 0 Å². The molecule has 0 aromatic carbocycles. The van der Waals surface area contributed by atoms with Crippen molar-refractivity contribution in [3.63, 3.8) is 0 Å². The highest BCUT2D eigenvalue weighted by Gasteiger charge is 2.19. The third kappa shape index (κ3) is 53.6. The molecule has 0 amide bonds. The summed E-state index contributed by atoms with van der Waals surface area (Å²) in [7, 11) is 0. The maximum Gasteiger partial charge on any atom is 0.306 e. The van der Waals surface area contributed by atoms with E-state index in [0.717, 1.165) is 75.5 Å². The Morgan fingerprint density at radius 1 is 0.299 bits per heavy atom. The summed E-state index contributed by atoms with van der Waals surface area (Å²) in [4.78, 5) is 38.2. The molecule has 1 unspecified atom stereocenters. The maximum absolute atomic E-state index is 12.9. The number of ether oxygens (including phenoxy) is 3. The first kappa shape index (κ1) is 65.4. The van der Waals surface area contributed by atoms with Gasteiger partial charge in [0.05, 0.1) is 0 Å². The van der Waals surface area contributed by atoms with Crippen LogP contribution in [0.2, 0.25) is 0 Å². The summed E-state index contributed by atoms with van der Waals surface area (Å²) < 4.78 is 16.9. The molecule has 0 N–H and O–H groups in total. The van der Waals surface area contributed by atoms with Gasteiger partial charge in [0.1, 0.15) is 13.2 Å². The third-order valence-electron chi connectivity index (χ3n) is 14.3. The van der Waals surface area contributed by atoms with Gasteiger partial charge in [0.15, 0.2) is 6.10 Å². The molecule has 6 nitrogen and oxygen atoms in total. The highest BCUT2D eigenvalue weighted by Crippen LogP contribution is 2.19. The molecule has 398 valence electrons. The molecule has 0 aromatic rings. The van der Waals surface area contributed by atoms with E-state index in [0.29, 0.717) is 19.3 Å². The van der Waals surface area contributed by atoms with Gasteiger partial charge in [-0.3, -0.25) is 14.4 Å². The molecule has 2 atom stereocenters. The lowest BCUT2D eigenvalue weighted by Gasteiger charge is -2.18. The van der Waals surface area contributed by atoms with E-state index in [-0.39, 0.29) is 31.1 Å². The Hall–Kier alpha value is -1.59. The van der Waals surface area contributed by atoms with Crippen LogP contribution in [0.4, 0.5) is 0 Å². The van der Waals surface area contributed by atoms with Gasteiger partial charge in [-0.25, -0.2) is 0 Å². The molecule has 0 aliphatic heterocycles. The van der Waals surface area contributed by atoms with Crippen LogP contribution < -0.4 is 0 Å². The van der Waals surface area contributed by atoms with E-state index >= 15 is 0 Å². The Kier molecular flexibility index (Phi) is 51.0. The minimum atomic E-state index is -0.764. The number of hydrogen-bond acceptors (Lipinski definition) is 6. The fraction of sp³-hybridized carbons (Fsp3) is 0.951. The zero-order valence-electron chi connectivity index (χ0n) is 46.2. The van der Waals surface area contributed by atoms with Crippen LogP contribution >= 0.6 is 0 Å². The predicted octanol–water partition coefficient (Wildman–Crippen LogP) is 19.9. The van der Waals surface area contributed by atoms with Crippen LogP contribution in [-0.4, -0.2) is 37.2 Å². The molecule has 0 rings (SSSR count). The first-order chi connectivity index (χ1) is 32.6. The minimum absolute atomic E-state index is 0.0632. The summed E-state index contributed by atoms with van der Waals surface area (Å²) in [6.07, 6.45) is 55.2. The van der Waals surface area contributed by atoms with Crippen LogP contribution in [-0.2, 0) is 28.6 Å². The van der Waals surface area contributed by atoms with Gasteiger partial charge in [0, 0.05) is 19.3 Å². The van der Waals surface area contributed by atoms with Crippen molar-refractivity contribution in [1.82, 2.24) is 0 Å². The predicted molar refractivity (Wildman–Crippen MR) is 289 cm³/mol. The van der Waals surface area contributed by atoms with Crippen molar-refractivity contribution in [1.29, 1.82) is 0 Å². The van der Waals surface area contributed by atoms with E-state index in [1.807, 2.05) is 0 Å². The number of esters is 3. The number of unbranched alkanes of at least 4 members (excludes halogenated alkanes) is 36. The Morgan fingerprint density at radius 2 is 0.522 bits per heavy atom. The van der Waals surface area contributed by atoms with Crippen molar-refractivity contribution in [2.75, 3.05) is 13.2 Å². The van der Waals surface area contributed by atoms with Crippen LogP contribution in [0.25, 0.3) is 0 Å². The number of carbonyl (C=O) groups is 3. The van der Waals surface area contributed by atoms with E-state index in [1.54, 1.807) is 0 Å².